The van der Waals surface area contributed by atoms with Crippen LogP contribution in [0.5, 0.6) is 5.75 Å². The predicted octanol–water partition coefficient (Wildman–Crippen LogP) is 4.25. The molecule has 2 aromatic carbocycles. The molecule has 1 aliphatic rings. The maximum Gasteiger partial charge on any atom is 0.274 e. The number of piperidine rings is 1. The second-order valence-electron chi connectivity index (χ2n) is 7.96. The Labute approximate surface area is 190 Å². The van der Waals surface area contributed by atoms with Gasteiger partial charge in [-0.05, 0) is 38.0 Å². The summed E-state index contributed by atoms with van der Waals surface area (Å²) in [6.07, 6.45) is 1.65. The number of hydrogen-bond donors (Lipinski definition) is 1. The number of nitrogens with zero attached hydrogens (tertiary/aromatic N) is 4. The highest BCUT2D eigenvalue weighted by molar-refractivity contribution is 5.94. The Kier molecular flexibility index (Phi) is 6.11. The molecule has 1 aliphatic heterocycles. The number of amides is 1. The Bertz CT molecular complexity index is 1260. The van der Waals surface area contributed by atoms with E-state index in [4.69, 9.17) is 17.0 Å². The van der Waals surface area contributed by atoms with Crippen LogP contribution in [0.2, 0.25) is 0 Å². The van der Waals surface area contributed by atoms with E-state index in [1.54, 1.807) is 28.5 Å². The van der Waals surface area contributed by atoms with Gasteiger partial charge < -0.3 is 15.4 Å². The second kappa shape index (κ2) is 9.00. The quantitative estimate of drug-likeness (QED) is 0.602. The van der Waals surface area contributed by atoms with Crippen molar-refractivity contribution in [2.24, 2.45) is 5.73 Å². The molecule has 4 rings (SSSR count). The van der Waals surface area contributed by atoms with Gasteiger partial charge in [-0.3, -0.25) is 9.36 Å². The van der Waals surface area contributed by atoms with Gasteiger partial charge in [-0.2, -0.15) is 0 Å². The van der Waals surface area contributed by atoms with Gasteiger partial charge in [0.25, 0.3) is 5.91 Å². The molecular formula is C24H23F2N5O2. The molecule has 1 aromatic heterocycles. The number of benzene rings is 2. The van der Waals surface area contributed by atoms with Crippen molar-refractivity contribution in [1.82, 2.24) is 14.5 Å². The zero-order chi connectivity index (χ0) is 23.7. The summed E-state index contributed by atoms with van der Waals surface area (Å²) in [5, 5.41) is 0. The van der Waals surface area contributed by atoms with Crippen molar-refractivity contribution in [3.05, 3.63) is 70.8 Å². The number of carbonyl (C=O) groups is 1. The van der Waals surface area contributed by atoms with E-state index in [0.29, 0.717) is 30.0 Å². The molecule has 1 atom stereocenters. The Hall–Kier alpha value is -3.77. The van der Waals surface area contributed by atoms with E-state index in [1.807, 2.05) is 0 Å². The summed E-state index contributed by atoms with van der Waals surface area (Å²) >= 11 is 0. The van der Waals surface area contributed by atoms with Crippen LogP contribution in [0.3, 0.4) is 0 Å². The minimum Gasteiger partial charge on any atom is -0.494 e. The summed E-state index contributed by atoms with van der Waals surface area (Å²) in [4.78, 5) is 22.7. The van der Waals surface area contributed by atoms with Crippen molar-refractivity contribution in [3.8, 4) is 22.8 Å². The number of nitrogens with two attached hydrogens (primary N) is 1. The number of halogens is 2. The number of aromatic nitrogens is 2. The number of imidazole rings is 1. The van der Waals surface area contributed by atoms with E-state index >= 15 is 0 Å². The first-order valence-corrected chi connectivity index (χ1v) is 10.5. The van der Waals surface area contributed by atoms with Crippen molar-refractivity contribution < 1.29 is 18.3 Å². The largest absolute Gasteiger partial charge is 0.494 e. The molecule has 0 unspecified atom stereocenters. The molecule has 1 fully saturated rings. The van der Waals surface area contributed by atoms with Gasteiger partial charge in [0, 0.05) is 30.8 Å². The minimum atomic E-state index is -0.703. The zero-order valence-corrected chi connectivity index (χ0v) is 18.3. The predicted molar refractivity (Wildman–Crippen MR) is 120 cm³/mol. The maximum absolute atomic E-state index is 14.5. The fourth-order valence-electron chi connectivity index (χ4n) is 4.09. The first kappa shape index (κ1) is 22.4. The molecule has 0 aliphatic carbocycles. The van der Waals surface area contributed by atoms with Crippen LogP contribution in [0.4, 0.5) is 14.5 Å². The monoisotopic (exact) mass is 451 g/mol. The molecule has 7 nitrogen and oxygen atoms in total. The van der Waals surface area contributed by atoms with Crippen LogP contribution >= 0.6 is 0 Å². The molecule has 0 spiro atoms. The topological polar surface area (TPSA) is 77.7 Å². The molecule has 2 N–H and O–H groups in total. The zero-order valence-electron chi connectivity index (χ0n) is 18.3. The van der Waals surface area contributed by atoms with Gasteiger partial charge in [-0.1, -0.05) is 12.1 Å². The standard InChI is InChI=1S/C24H23F2N5O2/c1-14-22(24(32)30-10-4-5-16(27)13-30)29-23(15-6-8-20(28-2)18(25)11-15)31(14)17-7-9-21(33-3)19(26)12-17/h6-9,11-12,16H,4-5,10,13,27H2,1,3H3/t16-/m1/s1. The van der Waals surface area contributed by atoms with Gasteiger partial charge in [0.2, 0.25) is 5.69 Å². The van der Waals surface area contributed by atoms with Crippen LogP contribution in [0, 0.1) is 25.1 Å². The molecule has 9 heteroatoms. The Morgan fingerprint density at radius 1 is 1.24 bits per heavy atom. The van der Waals surface area contributed by atoms with Crippen molar-refractivity contribution in [2.75, 3.05) is 20.2 Å². The summed E-state index contributed by atoms with van der Waals surface area (Å²) in [6.45, 7) is 9.77. The van der Waals surface area contributed by atoms with Crippen LogP contribution < -0.4 is 10.5 Å². The average Bonchev–Trinajstić information content (AvgIpc) is 3.15. The molecule has 1 amide bonds. The van der Waals surface area contributed by atoms with Crippen LogP contribution in [0.25, 0.3) is 21.9 Å². The number of methoxy groups -OCH3 is 1. The summed E-state index contributed by atoms with van der Waals surface area (Å²) in [7, 11) is 1.37. The first-order valence-electron chi connectivity index (χ1n) is 10.5. The summed E-state index contributed by atoms with van der Waals surface area (Å²) in [5.74, 6) is -1.24. The van der Waals surface area contributed by atoms with Crippen LogP contribution in [0.1, 0.15) is 29.0 Å². The highest BCUT2D eigenvalue weighted by Crippen LogP contribution is 2.32. The third-order valence-electron chi connectivity index (χ3n) is 5.78. The lowest BCUT2D eigenvalue weighted by Gasteiger charge is -2.30. The van der Waals surface area contributed by atoms with E-state index in [2.05, 4.69) is 9.83 Å². The molecular weight excluding hydrogens is 428 g/mol. The minimum absolute atomic E-state index is 0.0733. The molecule has 1 saturated heterocycles. The van der Waals surface area contributed by atoms with E-state index in [9.17, 15) is 13.6 Å². The van der Waals surface area contributed by atoms with Crippen molar-refractivity contribution >= 4 is 11.6 Å². The molecule has 0 saturated carbocycles. The van der Waals surface area contributed by atoms with Crippen molar-refractivity contribution in [1.29, 1.82) is 0 Å². The number of carbonyl (C=O) groups excluding carboxylic acids is 1. The molecule has 0 bridgehead atoms. The smallest absolute Gasteiger partial charge is 0.274 e. The second-order valence-corrected chi connectivity index (χ2v) is 7.96. The van der Waals surface area contributed by atoms with Crippen LogP contribution in [0.15, 0.2) is 36.4 Å². The summed E-state index contributed by atoms with van der Waals surface area (Å²) < 4.78 is 35.5. The van der Waals surface area contributed by atoms with Gasteiger partial charge >= 0.3 is 0 Å². The molecule has 2 heterocycles. The molecule has 33 heavy (non-hydrogen) atoms. The Morgan fingerprint density at radius 2 is 2.03 bits per heavy atom. The number of rotatable bonds is 4. The fraction of sp³-hybridized carbons (Fsp3) is 0.292. The number of ether oxygens (including phenoxy) is 1. The van der Waals surface area contributed by atoms with E-state index in [-0.39, 0.29) is 34.9 Å². The van der Waals surface area contributed by atoms with Gasteiger partial charge in [0.05, 0.1) is 25.1 Å². The summed E-state index contributed by atoms with van der Waals surface area (Å²) in [6, 6.07) is 8.38. The Morgan fingerprint density at radius 3 is 2.67 bits per heavy atom. The van der Waals surface area contributed by atoms with E-state index in [1.165, 1.54) is 31.4 Å². The average molecular weight is 451 g/mol. The molecule has 0 radical (unpaired) electrons. The maximum atomic E-state index is 14.5. The van der Waals surface area contributed by atoms with Crippen molar-refractivity contribution in [3.63, 3.8) is 0 Å². The highest BCUT2D eigenvalue weighted by Gasteiger charge is 2.28. The normalized spacial score (nSPS) is 15.9. The van der Waals surface area contributed by atoms with Crippen molar-refractivity contribution in [2.45, 2.75) is 25.8 Å². The molecule has 170 valence electrons. The lowest BCUT2D eigenvalue weighted by atomic mass is 10.1. The van der Waals surface area contributed by atoms with Gasteiger partial charge in [0.1, 0.15) is 17.3 Å². The number of likely N-dealkylation sites (tertiary alicyclic amines) is 1. The van der Waals surface area contributed by atoms with Gasteiger partial charge in [0.15, 0.2) is 11.6 Å². The van der Waals surface area contributed by atoms with E-state index in [0.717, 1.165) is 12.8 Å². The first-order chi connectivity index (χ1) is 15.8. The van der Waals surface area contributed by atoms with E-state index < -0.39 is 11.6 Å². The third kappa shape index (κ3) is 4.17. The summed E-state index contributed by atoms with van der Waals surface area (Å²) in [5.41, 5.74) is 7.34. The SMILES string of the molecule is [C-]#[N+]c1ccc(-c2nc(C(=O)N3CCC[C@@H](N)C3)c(C)n2-c2ccc(OC)c(F)c2)cc1F. The van der Waals surface area contributed by atoms with Crippen LogP contribution in [-0.4, -0.2) is 46.6 Å². The molecule has 3 aromatic rings. The van der Waals surface area contributed by atoms with Gasteiger partial charge in [-0.25, -0.2) is 18.6 Å². The lowest BCUT2D eigenvalue weighted by molar-refractivity contribution is 0.0702. The van der Waals surface area contributed by atoms with Gasteiger partial charge in [-0.15, -0.1) is 0 Å². The fourth-order valence-corrected chi connectivity index (χ4v) is 4.09. The Balaban J connectivity index is 1.88. The number of hydrogen-bond acceptors (Lipinski definition) is 4. The van der Waals surface area contributed by atoms with Crippen LogP contribution in [-0.2, 0) is 0 Å². The lowest BCUT2D eigenvalue weighted by Crippen LogP contribution is -2.46. The highest BCUT2D eigenvalue weighted by atomic mass is 19.1. The third-order valence-corrected chi connectivity index (χ3v) is 5.78.